The van der Waals surface area contributed by atoms with Crippen LogP contribution in [-0.2, 0) is 13.0 Å². The summed E-state index contributed by atoms with van der Waals surface area (Å²) in [6.07, 6.45) is 1.05. The number of nitrogens with one attached hydrogen (secondary N) is 2. The Balaban J connectivity index is 1.83. The Bertz CT molecular complexity index is 703. The molecular weight excluding hydrogens is 443 g/mol. The second-order valence-electron chi connectivity index (χ2n) is 4.99. The smallest absolute Gasteiger partial charge is 0.256 e. The van der Waals surface area contributed by atoms with Gasteiger partial charge in [-0.2, -0.15) is 0 Å². The van der Waals surface area contributed by atoms with Crippen LogP contribution < -0.4 is 10.6 Å². The normalized spacial score (nSPS) is 13.6. The van der Waals surface area contributed by atoms with Gasteiger partial charge in [-0.1, -0.05) is 6.07 Å². The fourth-order valence-corrected chi connectivity index (χ4v) is 3.35. The molecule has 3 rings (SSSR count). The Hall–Kier alpha value is -0.920. The summed E-state index contributed by atoms with van der Waals surface area (Å²) in [5.74, 6) is -0.0934. The number of halogens is 2. The number of carbonyl (C=O) groups excluding carboxylic acids is 1. The molecule has 0 fully saturated rings. The summed E-state index contributed by atoms with van der Waals surface area (Å²) in [6, 6.07) is 11.9. The van der Waals surface area contributed by atoms with E-state index in [-0.39, 0.29) is 5.91 Å². The van der Waals surface area contributed by atoms with Gasteiger partial charge in [-0.05, 0) is 92.9 Å². The van der Waals surface area contributed by atoms with Gasteiger partial charge in [0.1, 0.15) is 0 Å². The Morgan fingerprint density at radius 3 is 2.90 bits per heavy atom. The summed E-state index contributed by atoms with van der Waals surface area (Å²) in [4.78, 5) is 12.4. The largest absolute Gasteiger partial charge is 0.322 e. The van der Waals surface area contributed by atoms with Crippen molar-refractivity contribution in [3.63, 3.8) is 0 Å². The van der Waals surface area contributed by atoms with Crippen molar-refractivity contribution in [3.05, 3.63) is 61.1 Å². The highest BCUT2D eigenvalue weighted by Gasteiger charge is 2.13. The van der Waals surface area contributed by atoms with E-state index in [2.05, 4.69) is 61.3 Å². The van der Waals surface area contributed by atoms with Crippen molar-refractivity contribution in [2.45, 2.75) is 13.0 Å². The summed E-state index contributed by atoms with van der Waals surface area (Å²) < 4.78 is 1.84. The van der Waals surface area contributed by atoms with Gasteiger partial charge in [0.05, 0.1) is 5.56 Å². The third kappa shape index (κ3) is 3.46. The van der Waals surface area contributed by atoms with Crippen molar-refractivity contribution < 1.29 is 4.79 Å². The van der Waals surface area contributed by atoms with E-state index in [0.29, 0.717) is 5.56 Å². The summed E-state index contributed by atoms with van der Waals surface area (Å²) in [7, 11) is 0. The summed E-state index contributed by atoms with van der Waals surface area (Å²) in [6.45, 7) is 1.89. The van der Waals surface area contributed by atoms with E-state index < -0.39 is 0 Å². The number of carbonyl (C=O) groups is 1. The maximum atomic E-state index is 12.4. The molecule has 2 aromatic carbocycles. The molecule has 2 aromatic rings. The average Bonchev–Trinajstić information content (AvgIpc) is 2.49. The van der Waals surface area contributed by atoms with Gasteiger partial charge in [-0.25, -0.2) is 0 Å². The van der Waals surface area contributed by atoms with Crippen molar-refractivity contribution in [1.82, 2.24) is 5.32 Å². The van der Waals surface area contributed by atoms with Crippen LogP contribution in [0, 0.1) is 3.57 Å². The monoisotopic (exact) mass is 456 g/mol. The molecule has 1 amide bonds. The lowest BCUT2D eigenvalue weighted by atomic mass is 10.0. The fraction of sp³-hybridized carbons (Fsp3) is 0.188. The lowest BCUT2D eigenvalue weighted by Crippen LogP contribution is -2.23. The molecule has 0 saturated heterocycles. The molecule has 1 aliphatic rings. The first-order valence-corrected chi connectivity index (χ1v) is 8.59. The highest BCUT2D eigenvalue weighted by Crippen LogP contribution is 2.23. The zero-order valence-electron chi connectivity index (χ0n) is 11.2. The quantitative estimate of drug-likeness (QED) is 0.672. The summed E-state index contributed by atoms with van der Waals surface area (Å²) in [5.41, 5.74) is 4.12. The van der Waals surface area contributed by atoms with Crippen molar-refractivity contribution in [1.29, 1.82) is 0 Å². The van der Waals surface area contributed by atoms with Gasteiger partial charge in [0.25, 0.3) is 5.91 Å². The van der Waals surface area contributed by atoms with E-state index in [1.165, 1.54) is 11.1 Å². The molecule has 108 valence electrons. The Morgan fingerprint density at radius 1 is 1.19 bits per heavy atom. The number of rotatable bonds is 2. The molecule has 0 atom stereocenters. The predicted octanol–water partition coefficient (Wildman–Crippen LogP) is 3.95. The first-order chi connectivity index (χ1) is 10.1. The first-order valence-electron chi connectivity index (χ1n) is 6.72. The van der Waals surface area contributed by atoms with Crippen LogP contribution in [-0.4, -0.2) is 12.5 Å². The molecule has 0 aliphatic carbocycles. The number of fused-ring (bicyclic) bond motifs is 1. The van der Waals surface area contributed by atoms with E-state index in [4.69, 9.17) is 0 Å². The maximum absolute atomic E-state index is 12.4. The van der Waals surface area contributed by atoms with Crippen LogP contribution in [0.1, 0.15) is 21.5 Å². The second-order valence-corrected chi connectivity index (χ2v) is 7.09. The zero-order chi connectivity index (χ0) is 14.8. The zero-order valence-corrected chi connectivity index (χ0v) is 15.0. The Morgan fingerprint density at radius 2 is 2.05 bits per heavy atom. The second kappa shape index (κ2) is 6.46. The SMILES string of the molecule is O=C(Nc1ccc2c(c1)CNCC2)c1cc(I)ccc1Br. The van der Waals surface area contributed by atoms with E-state index >= 15 is 0 Å². The van der Waals surface area contributed by atoms with Crippen LogP contribution in [0.3, 0.4) is 0 Å². The van der Waals surface area contributed by atoms with Crippen LogP contribution in [0.5, 0.6) is 0 Å². The molecule has 5 heteroatoms. The molecule has 3 nitrogen and oxygen atoms in total. The Labute approximate surface area is 145 Å². The molecule has 2 N–H and O–H groups in total. The minimum absolute atomic E-state index is 0.0934. The topological polar surface area (TPSA) is 41.1 Å². The molecule has 1 aliphatic heterocycles. The van der Waals surface area contributed by atoms with Crippen LogP contribution in [0.25, 0.3) is 0 Å². The van der Waals surface area contributed by atoms with Crippen molar-refractivity contribution in [2.24, 2.45) is 0 Å². The average molecular weight is 457 g/mol. The van der Waals surface area contributed by atoms with Gasteiger partial charge in [0.15, 0.2) is 0 Å². The highest BCUT2D eigenvalue weighted by molar-refractivity contribution is 14.1. The van der Waals surface area contributed by atoms with Gasteiger partial charge < -0.3 is 10.6 Å². The number of hydrogen-bond acceptors (Lipinski definition) is 2. The lowest BCUT2D eigenvalue weighted by molar-refractivity contribution is 0.102. The lowest BCUT2D eigenvalue weighted by Gasteiger charge is -2.18. The molecule has 1 heterocycles. The third-order valence-electron chi connectivity index (χ3n) is 3.52. The predicted molar refractivity (Wildman–Crippen MR) is 96.7 cm³/mol. The molecular formula is C16H14BrIN2O. The van der Waals surface area contributed by atoms with Crippen molar-refractivity contribution in [2.75, 3.05) is 11.9 Å². The van der Waals surface area contributed by atoms with Gasteiger partial charge in [-0.15, -0.1) is 0 Å². The number of hydrogen-bond donors (Lipinski definition) is 2. The molecule has 0 unspecified atom stereocenters. The molecule has 0 bridgehead atoms. The van der Waals surface area contributed by atoms with E-state index in [1.54, 1.807) is 0 Å². The first kappa shape index (κ1) is 15.0. The number of amides is 1. The standard InChI is InChI=1S/C16H14BrIN2O/c17-15-4-2-12(18)8-14(15)16(21)20-13-3-1-10-5-6-19-9-11(10)7-13/h1-4,7-8,19H,5-6,9H2,(H,20,21). The molecule has 0 aromatic heterocycles. The maximum Gasteiger partial charge on any atom is 0.256 e. The Kier molecular flexibility index (Phi) is 4.61. The summed E-state index contributed by atoms with van der Waals surface area (Å²) >= 11 is 5.64. The van der Waals surface area contributed by atoms with Gasteiger partial charge in [0.2, 0.25) is 0 Å². The summed E-state index contributed by atoms with van der Waals surface area (Å²) in [5, 5.41) is 6.32. The molecule has 21 heavy (non-hydrogen) atoms. The number of benzene rings is 2. The van der Waals surface area contributed by atoms with E-state index in [9.17, 15) is 4.79 Å². The van der Waals surface area contributed by atoms with Crippen molar-refractivity contribution in [3.8, 4) is 0 Å². The van der Waals surface area contributed by atoms with Crippen LogP contribution >= 0.6 is 38.5 Å². The van der Waals surface area contributed by atoms with E-state index in [0.717, 1.165) is 33.2 Å². The van der Waals surface area contributed by atoms with Gasteiger partial charge >= 0.3 is 0 Å². The third-order valence-corrected chi connectivity index (χ3v) is 4.89. The number of anilines is 1. The molecule has 0 radical (unpaired) electrons. The molecule has 0 spiro atoms. The highest BCUT2D eigenvalue weighted by atomic mass is 127. The van der Waals surface area contributed by atoms with Crippen LogP contribution in [0.2, 0.25) is 0 Å². The van der Waals surface area contributed by atoms with E-state index in [1.807, 2.05) is 24.3 Å². The van der Waals surface area contributed by atoms with Crippen LogP contribution in [0.15, 0.2) is 40.9 Å². The van der Waals surface area contributed by atoms with Crippen molar-refractivity contribution >= 4 is 50.1 Å². The molecule has 0 saturated carbocycles. The van der Waals surface area contributed by atoms with Gasteiger partial charge in [0, 0.05) is 20.3 Å². The van der Waals surface area contributed by atoms with Gasteiger partial charge in [-0.3, -0.25) is 4.79 Å². The minimum Gasteiger partial charge on any atom is -0.322 e. The van der Waals surface area contributed by atoms with Crippen LogP contribution in [0.4, 0.5) is 5.69 Å². The fourth-order valence-electron chi connectivity index (χ4n) is 2.43. The minimum atomic E-state index is -0.0934.